The average Bonchev–Trinajstić information content (AvgIpc) is 3.46. The smallest absolute Gasteiger partial charge is 0.339 e. The van der Waals surface area contributed by atoms with E-state index in [2.05, 4.69) is 33.9 Å². The summed E-state index contributed by atoms with van der Waals surface area (Å²) in [6, 6.07) is 29.3. The van der Waals surface area contributed by atoms with Gasteiger partial charge in [-0.1, -0.05) is 112 Å². The highest BCUT2D eigenvalue weighted by atomic mass is 28.4. The van der Waals surface area contributed by atoms with Gasteiger partial charge in [0, 0.05) is 12.3 Å². The Morgan fingerprint density at radius 2 is 1.38 bits per heavy atom. The van der Waals surface area contributed by atoms with Gasteiger partial charge in [0.05, 0.1) is 44.6 Å². The summed E-state index contributed by atoms with van der Waals surface area (Å²) >= 11 is 0. The number of hydrogen-bond donors (Lipinski definition) is 2. The van der Waals surface area contributed by atoms with Crippen LogP contribution in [0.1, 0.15) is 50.3 Å². The van der Waals surface area contributed by atoms with Crippen LogP contribution in [-0.2, 0) is 57.5 Å². The molecule has 4 aliphatic rings. The van der Waals surface area contributed by atoms with Crippen LogP contribution in [0.5, 0.6) is 0 Å². The molecule has 2 heterocycles. The highest BCUT2D eigenvalue weighted by Crippen LogP contribution is 2.71. The van der Waals surface area contributed by atoms with Crippen LogP contribution in [0.15, 0.2) is 91.0 Å². The number of carbonyl (C=O) groups excluding carboxylic acids is 1. The first-order chi connectivity index (χ1) is 25.4. The van der Waals surface area contributed by atoms with E-state index in [0.717, 1.165) is 16.7 Å². The Morgan fingerprint density at radius 1 is 0.830 bits per heavy atom. The number of esters is 1. The molecule has 0 aromatic heterocycles. The Balaban J connectivity index is 1.17. The lowest BCUT2D eigenvalue weighted by Crippen LogP contribution is -2.72. The van der Waals surface area contributed by atoms with Crippen molar-refractivity contribution in [2.45, 2.75) is 120 Å². The summed E-state index contributed by atoms with van der Waals surface area (Å²) in [6.07, 6.45) is -5.11. The lowest BCUT2D eigenvalue weighted by atomic mass is 9.51. The van der Waals surface area contributed by atoms with Gasteiger partial charge >= 0.3 is 5.97 Å². The highest BCUT2D eigenvalue weighted by molar-refractivity contribution is 6.74. The van der Waals surface area contributed by atoms with E-state index in [1.165, 1.54) is 0 Å². The minimum atomic E-state index is -2.18. The molecule has 0 unspecified atom stereocenters. The summed E-state index contributed by atoms with van der Waals surface area (Å²) in [5.41, 5.74) is 0.315. The molecule has 2 saturated carbocycles. The van der Waals surface area contributed by atoms with Gasteiger partial charge in [0.25, 0.3) is 0 Å². The van der Waals surface area contributed by atoms with Crippen LogP contribution in [0.3, 0.4) is 0 Å². The van der Waals surface area contributed by atoms with E-state index in [-0.39, 0.29) is 49.9 Å². The van der Waals surface area contributed by atoms with Gasteiger partial charge in [-0.3, -0.25) is 0 Å². The zero-order valence-corrected chi connectivity index (χ0v) is 32.4. The van der Waals surface area contributed by atoms with Gasteiger partial charge in [-0.2, -0.15) is 0 Å². The monoisotopic (exact) mass is 746 g/mol. The zero-order valence-electron chi connectivity index (χ0n) is 31.4. The van der Waals surface area contributed by atoms with Crippen LogP contribution in [0.25, 0.3) is 0 Å². The number of aliphatic hydroxyl groups excluding tert-OH is 2. The Morgan fingerprint density at radius 3 is 1.92 bits per heavy atom. The molecule has 7 rings (SSSR count). The molecule has 11 heteroatoms. The van der Waals surface area contributed by atoms with E-state index in [0.29, 0.717) is 13.0 Å². The third-order valence-electron chi connectivity index (χ3n) is 12.4. The lowest BCUT2D eigenvalue weighted by molar-refractivity contribution is -0.364. The van der Waals surface area contributed by atoms with Gasteiger partial charge in [-0.15, -0.1) is 0 Å². The minimum Gasteiger partial charge on any atom is -0.459 e. The van der Waals surface area contributed by atoms with E-state index in [1.807, 2.05) is 91.0 Å². The Bertz CT molecular complexity index is 1670. The van der Waals surface area contributed by atoms with Gasteiger partial charge in [0.15, 0.2) is 20.2 Å². The van der Waals surface area contributed by atoms with E-state index >= 15 is 0 Å². The Labute approximate surface area is 313 Å². The topological polar surface area (TPSA) is 122 Å². The SMILES string of the molecule is CC(C)(C)[Si](C)(C)O[C@@H]1C[C@H]2OC(=O)[C@@]3(O[C@@H]4O[C@H](COCc5ccccc5)[C@@H](OCc5ccccc5)[C@H](OCc5ccccc5)[C@H]4O)C[C@@H]1[C@@]23CO. The van der Waals surface area contributed by atoms with Crippen molar-refractivity contribution < 1.29 is 47.9 Å². The van der Waals surface area contributed by atoms with E-state index in [1.54, 1.807) is 0 Å². The number of rotatable bonds is 15. The Hall–Kier alpha value is -2.97. The molecule has 0 radical (unpaired) electrons. The van der Waals surface area contributed by atoms with E-state index in [4.69, 9.17) is 32.8 Å². The van der Waals surface area contributed by atoms with Crippen LogP contribution in [0.2, 0.25) is 18.1 Å². The molecule has 0 amide bonds. The van der Waals surface area contributed by atoms with Gasteiger partial charge < -0.3 is 43.1 Å². The van der Waals surface area contributed by atoms with Crippen LogP contribution >= 0.6 is 0 Å². The van der Waals surface area contributed by atoms with Crippen molar-refractivity contribution in [2.24, 2.45) is 11.3 Å². The molecule has 2 aliphatic heterocycles. The maximum atomic E-state index is 13.9. The predicted octanol–water partition coefficient (Wildman–Crippen LogP) is 5.93. The van der Waals surface area contributed by atoms with E-state index < -0.39 is 62.1 Å². The van der Waals surface area contributed by atoms with Gasteiger partial charge in [0.1, 0.15) is 30.5 Å². The van der Waals surface area contributed by atoms with Gasteiger partial charge in [-0.25, -0.2) is 4.79 Å². The quantitative estimate of drug-likeness (QED) is 0.143. The fraction of sp³-hybridized carbons (Fsp3) is 0.548. The van der Waals surface area contributed by atoms with Crippen molar-refractivity contribution in [3.05, 3.63) is 108 Å². The molecule has 3 aromatic carbocycles. The normalized spacial score (nSPS) is 33.7. The summed E-state index contributed by atoms with van der Waals surface area (Å²) in [5, 5.41) is 23.2. The molecule has 10 atom stereocenters. The van der Waals surface area contributed by atoms with Crippen LogP contribution < -0.4 is 0 Å². The van der Waals surface area contributed by atoms with Crippen molar-refractivity contribution in [1.29, 1.82) is 0 Å². The second kappa shape index (κ2) is 15.3. The molecule has 53 heavy (non-hydrogen) atoms. The maximum Gasteiger partial charge on any atom is 0.339 e. The first kappa shape index (κ1) is 38.3. The maximum absolute atomic E-state index is 13.9. The summed E-state index contributed by atoms with van der Waals surface area (Å²) < 4.78 is 45.5. The molecule has 0 bridgehead atoms. The van der Waals surface area contributed by atoms with Crippen LogP contribution in [-0.4, -0.2) is 86.2 Å². The van der Waals surface area contributed by atoms with Crippen molar-refractivity contribution in [2.75, 3.05) is 13.2 Å². The summed E-state index contributed by atoms with van der Waals surface area (Å²) in [6.45, 7) is 11.5. The molecular formula is C42H54O10Si. The standard InChI is InChI=1S/C42H54O10Si/c1-40(2,3)53(4,5)52-32-21-34-41(27-43)31(32)22-42(41,39(45)50-34)51-38-35(44)37(48-25-30-19-13-8-14-20-30)36(47-24-29-17-11-7-12-18-29)33(49-38)26-46-23-28-15-9-6-10-16-28/h6-20,31-38,43-44H,21-27H2,1-5H3/t31-,32+,33+,34+,35+,36+,37+,38-,41-,42-/m0/s1. The number of ether oxygens (including phenoxy) is 6. The third-order valence-corrected chi connectivity index (χ3v) is 16.9. The fourth-order valence-electron chi connectivity index (χ4n) is 8.40. The molecular weight excluding hydrogens is 693 g/mol. The molecule has 2 N–H and O–H groups in total. The average molecular weight is 747 g/mol. The minimum absolute atomic E-state index is 0.0172. The molecule has 286 valence electrons. The van der Waals surface area contributed by atoms with Crippen LogP contribution in [0.4, 0.5) is 0 Å². The van der Waals surface area contributed by atoms with Crippen molar-refractivity contribution in [3.63, 3.8) is 0 Å². The Kier molecular flexibility index (Phi) is 11.0. The lowest BCUT2D eigenvalue weighted by Gasteiger charge is -2.58. The largest absolute Gasteiger partial charge is 0.459 e. The van der Waals surface area contributed by atoms with Crippen molar-refractivity contribution in [3.8, 4) is 0 Å². The zero-order chi connectivity index (χ0) is 37.4. The van der Waals surface area contributed by atoms with E-state index in [9.17, 15) is 15.0 Å². The summed E-state index contributed by atoms with van der Waals surface area (Å²) in [5.74, 6) is -0.702. The highest BCUT2D eigenvalue weighted by Gasteiger charge is 2.84. The van der Waals surface area contributed by atoms with Gasteiger partial charge in [0.2, 0.25) is 0 Å². The summed E-state index contributed by atoms with van der Waals surface area (Å²) in [7, 11) is -2.18. The molecule has 3 aromatic rings. The molecule has 10 nitrogen and oxygen atoms in total. The van der Waals surface area contributed by atoms with Crippen molar-refractivity contribution in [1.82, 2.24) is 0 Å². The second-order valence-electron chi connectivity index (χ2n) is 16.6. The molecule has 2 saturated heterocycles. The first-order valence-corrected chi connectivity index (χ1v) is 21.7. The fourth-order valence-corrected chi connectivity index (χ4v) is 9.77. The number of hydrogen-bond acceptors (Lipinski definition) is 10. The molecule has 2 aliphatic carbocycles. The summed E-state index contributed by atoms with van der Waals surface area (Å²) in [4.78, 5) is 13.9. The molecule has 0 spiro atoms. The number of benzene rings is 3. The second-order valence-corrected chi connectivity index (χ2v) is 21.3. The number of aliphatic hydroxyl groups is 2. The van der Waals surface area contributed by atoms with Crippen LogP contribution in [0, 0.1) is 11.3 Å². The third kappa shape index (κ3) is 7.16. The predicted molar refractivity (Wildman–Crippen MR) is 199 cm³/mol. The van der Waals surface area contributed by atoms with Crippen molar-refractivity contribution >= 4 is 14.3 Å². The first-order valence-electron chi connectivity index (χ1n) is 18.8. The number of carbonyl (C=O) groups is 1. The molecule has 4 fully saturated rings. The van der Waals surface area contributed by atoms with Gasteiger partial charge in [-0.05, 0) is 41.2 Å².